The number of rotatable bonds is 6. The van der Waals surface area contributed by atoms with Crippen molar-refractivity contribution in [1.29, 1.82) is 0 Å². The molecule has 152 valence electrons. The van der Waals surface area contributed by atoms with Crippen LogP contribution in [0.2, 0.25) is 5.02 Å². The van der Waals surface area contributed by atoms with Crippen molar-refractivity contribution < 1.29 is 22.7 Å². The molecule has 0 spiro atoms. The van der Waals surface area contributed by atoms with Gasteiger partial charge < -0.3 is 9.64 Å². The predicted octanol–water partition coefficient (Wildman–Crippen LogP) is 4.36. The van der Waals surface area contributed by atoms with Crippen LogP contribution in [-0.4, -0.2) is 32.9 Å². The van der Waals surface area contributed by atoms with Crippen molar-refractivity contribution in [2.45, 2.75) is 26.3 Å². The lowest BCUT2D eigenvalue weighted by atomic mass is 10.1. The number of nitrogens with zero attached hydrogens (tertiary/aromatic N) is 4. The number of alkyl halides is 3. The third kappa shape index (κ3) is 5.23. The van der Waals surface area contributed by atoms with Crippen LogP contribution in [0, 0.1) is 0 Å². The van der Waals surface area contributed by atoms with E-state index in [1.807, 2.05) is 0 Å². The zero-order valence-electron chi connectivity index (χ0n) is 15.1. The van der Waals surface area contributed by atoms with Crippen LogP contribution in [0.3, 0.4) is 0 Å². The third-order valence-electron chi connectivity index (χ3n) is 3.93. The average Bonchev–Trinajstić information content (AvgIpc) is 3.21. The molecule has 7 nitrogen and oxygen atoms in total. The van der Waals surface area contributed by atoms with Gasteiger partial charge in [-0.05, 0) is 35.0 Å². The highest BCUT2D eigenvalue weighted by atomic mass is 35.5. The van der Waals surface area contributed by atoms with Gasteiger partial charge in [0.1, 0.15) is 5.75 Å². The van der Waals surface area contributed by atoms with Crippen molar-refractivity contribution in [3.8, 4) is 17.1 Å². The highest BCUT2D eigenvalue weighted by Crippen LogP contribution is 2.32. The standard InChI is InChI=1S/C18H15ClF3N5O2/c1-2-16(28)27(13-5-3-4-12(9-13)17-23-25-26-24-17)10-11-6-7-15(14(19)8-11)29-18(20,21)22/h3-9H,2,10H2,1H3,(H,23,24,25,26). The predicted molar refractivity (Wildman–Crippen MR) is 99.2 cm³/mol. The SMILES string of the molecule is CCC(=O)N(Cc1ccc(OC(F)(F)F)c(Cl)c1)c1cccc(-c2nn[nH]n2)c1. The number of benzene rings is 2. The summed E-state index contributed by atoms with van der Waals surface area (Å²) in [6, 6.07) is 10.8. The number of aromatic nitrogens is 4. The molecule has 1 aromatic heterocycles. The van der Waals surface area contributed by atoms with Crippen molar-refractivity contribution in [2.24, 2.45) is 0 Å². The number of carbonyl (C=O) groups excluding carboxylic acids is 1. The molecule has 0 radical (unpaired) electrons. The van der Waals surface area contributed by atoms with Gasteiger partial charge in [-0.15, -0.1) is 23.4 Å². The Morgan fingerprint density at radius 2 is 2.03 bits per heavy atom. The van der Waals surface area contributed by atoms with Crippen LogP contribution < -0.4 is 9.64 Å². The van der Waals surface area contributed by atoms with Gasteiger partial charge in [0.05, 0.1) is 11.6 Å². The van der Waals surface area contributed by atoms with Gasteiger partial charge in [0, 0.05) is 17.7 Å². The quantitative estimate of drug-likeness (QED) is 0.634. The Bertz CT molecular complexity index is 995. The van der Waals surface area contributed by atoms with Gasteiger partial charge >= 0.3 is 6.36 Å². The molecule has 1 heterocycles. The van der Waals surface area contributed by atoms with Crippen LogP contribution in [0.4, 0.5) is 18.9 Å². The Morgan fingerprint density at radius 3 is 2.66 bits per heavy atom. The number of aromatic amines is 1. The molecular formula is C18H15ClF3N5O2. The molecule has 0 atom stereocenters. The maximum atomic E-state index is 12.5. The van der Waals surface area contributed by atoms with Gasteiger partial charge in [-0.25, -0.2) is 0 Å². The lowest BCUT2D eigenvalue weighted by Crippen LogP contribution is -2.29. The third-order valence-corrected chi connectivity index (χ3v) is 4.22. The van der Waals surface area contributed by atoms with Crippen molar-refractivity contribution in [2.75, 3.05) is 4.90 Å². The van der Waals surface area contributed by atoms with Crippen molar-refractivity contribution in [3.05, 3.63) is 53.1 Å². The molecule has 29 heavy (non-hydrogen) atoms. The Kier molecular flexibility index (Phi) is 6.02. The van der Waals surface area contributed by atoms with Gasteiger partial charge in [0.25, 0.3) is 0 Å². The van der Waals surface area contributed by atoms with E-state index in [0.29, 0.717) is 22.6 Å². The molecule has 0 aliphatic rings. The minimum atomic E-state index is -4.84. The first-order valence-corrected chi connectivity index (χ1v) is 8.83. The molecule has 0 fully saturated rings. The monoisotopic (exact) mass is 425 g/mol. The Hall–Kier alpha value is -3.14. The van der Waals surface area contributed by atoms with Crippen molar-refractivity contribution >= 4 is 23.2 Å². The lowest BCUT2D eigenvalue weighted by molar-refractivity contribution is -0.274. The van der Waals surface area contributed by atoms with Gasteiger partial charge in [0.2, 0.25) is 11.7 Å². The number of H-pyrrole nitrogens is 1. The summed E-state index contributed by atoms with van der Waals surface area (Å²) < 4.78 is 41.1. The van der Waals surface area contributed by atoms with Crippen LogP contribution in [0.5, 0.6) is 5.75 Å². The molecule has 3 aromatic rings. The number of hydrogen-bond donors (Lipinski definition) is 1. The minimum Gasteiger partial charge on any atom is -0.404 e. The highest BCUT2D eigenvalue weighted by molar-refractivity contribution is 6.32. The first-order chi connectivity index (χ1) is 13.8. The van der Waals surface area contributed by atoms with E-state index in [1.54, 1.807) is 31.2 Å². The van der Waals surface area contributed by atoms with E-state index >= 15 is 0 Å². The lowest BCUT2D eigenvalue weighted by Gasteiger charge is -2.23. The minimum absolute atomic E-state index is 0.106. The first kappa shape index (κ1) is 20.6. The molecule has 2 aromatic carbocycles. The van der Waals surface area contributed by atoms with Gasteiger partial charge in [-0.1, -0.05) is 36.7 Å². The normalized spacial score (nSPS) is 11.3. The number of amides is 1. The molecular weight excluding hydrogens is 411 g/mol. The zero-order valence-corrected chi connectivity index (χ0v) is 15.8. The fourth-order valence-electron chi connectivity index (χ4n) is 2.64. The van der Waals surface area contributed by atoms with Crippen LogP contribution in [-0.2, 0) is 11.3 Å². The number of nitrogens with one attached hydrogen (secondary N) is 1. The summed E-state index contributed by atoms with van der Waals surface area (Å²) in [5, 5.41) is 13.5. The second-order valence-corrected chi connectivity index (χ2v) is 6.34. The number of halogens is 4. The van der Waals surface area contributed by atoms with Crippen LogP contribution in [0.15, 0.2) is 42.5 Å². The smallest absolute Gasteiger partial charge is 0.404 e. The number of hydrogen-bond acceptors (Lipinski definition) is 5. The first-order valence-electron chi connectivity index (χ1n) is 8.45. The summed E-state index contributed by atoms with van der Waals surface area (Å²) >= 11 is 5.92. The molecule has 0 bridgehead atoms. The fourth-order valence-corrected chi connectivity index (χ4v) is 2.89. The van der Waals surface area contributed by atoms with E-state index in [4.69, 9.17) is 11.6 Å². The van der Waals surface area contributed by atoms with E-state index in [2.05, 4.69) is 25.4 Å². The summed E-state index contributed by atoms with van der Waals surface area (Å²) in [5.74, 6) is -0.315. The van der Waals surface area contributed by atoms with E-state index in [-0.39, 0.29) is 23.9 Å². The number of tetrazole rings is 1. The summed E-state index contributed by atoms with van der Waals surface area (Å²) in [5.41, 5.74) is 1.76. The summed E-state index contributed by atoms with van der Waals surface area (Å²) in [4.78, 5) is 14.0. The zero-order chi connectivity index (χ0) is 21.0. The molecule has 0 aliphatic heterocycles. The topological polar surface area (TPSA) is 84.0 Å². The molecule has 0 saturated carbocycles. The molecule has 1 N–H and O–H groups in total. The van der Waals surface area contributed by atoms with E-state index < -0.39 is 12.1 Å². The van der Waals surface area contributed by atoms with Crippen LogP contribution in [0.1, 0.15) is 18.9 Å². The van der Waals surface area contributed by atoms with Gasteiger partial charge in [-0.3, -0.25) is 4.79 Å². The van der Waals surface area contributed by atoms with Gasteiger partial charge in [-0.2, -0.15) is 5.21 Å². The maximum absolute atomic E-state index is 12.5. The van der Waals surface area contributed by atoms with E-state index in [9.17, 15) is 18.0 Å². The van der Waals surface area contributed by atoms with Crippen LogP contribution >= 0.6 is 11.6 Å². The number of ether oxygens (including phenoxy) is 1. The molecule has 11 heteroatoms. The van der Waals surface area contributed by atoms with E-state index in [1.165, 1.54) is 17.0 Å². The molecule has 0 unspecified atom stereocenters. The van der Waals surface area contributed by atoms with Crippen LogP contribution in [0.25, 0.3) is 11.4 Å². The highest BCUT2D eigenvalue weighted by Gasteiger charge is 2.32. The fraction of sp³-hybridized carbons (Fsp3) is 0.222. The van der Waals surface area contributed by atoms with Gasteiger partial charge in [0.15, 0.2) is 0 Å². The summed E-state index contributed by atoms with van der Waals surface area (Å²) in [6.07, 6.45) is -4.61. The molecule has 3 rings (SSSR count). The Morgan fingerprint density at radius 1 is 1.24 bits per heavy atom. The Labute approximate surface area is 168 Å². The molecule has 0 saturated heterocycles. The number of anilines is 1. The van der Waals surface area contributed by atoms with Crippen molar-refractivity contribution in [3.63, 3.8) is 0 Å². The van der Waals surface area contributed by atoms with E-state index in [0.717, 1.165) is 6.07 Å². The maximum Gasteiger partial charge on any atom is 0.573 e. The second kappa shape index (κ2) is 8.48. The summed E-state index contributed by atoms with van der Waals surface area (Å²) in [7, 11) is 0. The van der Waals surface area contributed by atoms with Crippen molar-refractivity contribution in [1.82, 2.24) is 20.6 Å². The molecule has 1 amide bonds. The average molecular weight is 426 g/mol. The largest absolute Gasteiger partial charge is 0.573 e. The Balaban J connectivity index is 1.88. The summed E-state index contributed by atoms with van der Waals surface area (Å²) in [6.45, 7) is 1.82. The number of carbonyl (C=O) groups is 1. The second-order valence-electron chi connectivity index (χ2n) is 5.93. The molecule has 0 aliphatic carbocycles.